The third kappa shape index (κ3) is 2.95. The lowest BCUT2D eigenvalue weighted by Crippen LogP contribution is -2.45. The number of hydrogen-bond acceptors (Lipinski definition) is 4. The number of amides is 1. The molecule has 0 aromatic heterocycles. The SMILES string of the molecule is CCC1(N(C(=O)OC(C)(C)C)S(=O)[O-])CC1. The predicted octanol–water partition coefficient (Wildman–Crippen LogP) is 1.96. The van der Waals surface area contributed by atoms with Crippen LogP contribution in [-0.2, 0) is 16.0 Å². The second-order valence-electron chi connectivity index (χ2n) is 5.07. The number of nitrogens with zero attached hydrogens (tertiary/aromatic N) is 1. The Hall–Kier alpha value is -0.620. The molecular formula is C10H18NO4S-. The van der Waals surface area contributed by atoms with E-state index in [1.807, 2.05) is 6.92 Å². The van der Waals surface area contributed by atoms with Crippen molar-refractivity contribution in [2.24, 2.45) is 0 Å². The lowest BCUT2D eigenvalue weighted by Gasteiger charge is -2.33. The van der Waals surface area contributed by atoms with E-state index in [-0.39, 0.29) is 0 Å². The van der Waals surface area contributed by atoms with Gasteiger partial charge in [-0.15, -0.1) is 0 Å². The summed E-state index contributed by atoms with van der Waals surface area (Å²) in [5, 5.41) is 0. The Bertz CT molecular complexity index is 306. The van der Waals surface area contributed by atoms with E-state index >= 15 is 0 Å². The highest BCUT2D eigenvalue weighted by Crippen LogP contribution is 2.45. The fraction of sp³-hybridized carbons (Fsp3) is 0.900. The highest BCUT2D eigenvalue weighted by molar-refractivity contribution is 7.77. The van der Waals surface area contributed by atoms with Crippen LogP contribution in [0.2, 0.25) is 0 Å². The molecule has 6 heteroatoms. The lowest BCUT2D eigenvalue weighted by molar-refractivity contribution is 0.0313. The lowest BCUT2D eigenvalue weighted by atomic mass is 10.2. The third-order valence-corrected chi connectivity index (χ3v) is 3.46. The van der Waals surface area contributed by atoms with Crippen LogP contribution in [0.1, 0.15) is 47.0 Å². The van der Waals surface area contributed by atoms with E-state index in [1.165, 1.54) is 0 Å². The van der Waals surface area contributed by atoms with Gasteiger partial charge in [0.1, 0.15) is 5.60 Å². The number of carbonyl (C=O) groups is 1. The Morgan fingerprint density at radius 1 is 1.50 bits per heavy atom. The molecule has 0 aliphatic heterocycles. The van der Waals surface area contributed by atoms with Crippen LogP contribution in [0.25, 0.3) is 0 Å². The summed E-state index contributed by atoms with van der Waals surface area (Å²) in [5.41, 5.74) is -1.21. The van der Waals surface area contributed by atoms with Crippen LogP contribution in [-0.4, -0.2) is 30.3 Å². The Morgan fingerprint density at radius 2 is 2.00 bits per heavy atom. The van der Waals surface area contributed by atoms with Crippen LogP contribution in [0, 0.1) is 0 Å². The molecule has 1 aliphatic carbocycles. The van der Waals surface area contributed by atoms with Gasteiger partial charge in [-0.3, -0.25) is 4.21 Å². The van der Waals surface area contributed by atoms with Gasteiger partial charge in [-0.05, 0) is 40.0 Å². The molecule has 0 radical (unpaired) electrons. The van der Waals surface area contributed by atoms with E-state index in [4.69, 9.17) is 4.74 Å². The Morgan fingerprint density at radius 3 is 2.25 bits per heavy atom. The van der Waals surface area contributed by atoms with Gasteiger partial charge < -0.3 is 9.29 Å². The zero-order valence-corrected chi connectivity index (χ0v) is 10.9. The molecule has 1 unspecified atom stereocenters. The monoisotopic (exact) mass is 248 g/mol. The normalized spacial score (nSPS) is 20.1. The molecule has 0 saturated heterocycles. The standard InChI is InChI=1S/C10H19NO4S/c1-5-10(6-7-10)11(16(13)14)8(12)15-9(2,3)4/h5-7H2,1-4H3,(H,13,14)/p-1. The molecule has 94 valence electrons. The van der Waals surface area contributed by atoms with E-state index in [2.05, 4.69) is 0 Å². The molecular weight excluding hydrogens is 230 g/mol. The van der Waals surface area contributed by atoms with Crippen molar-refractivity contribution in [3.63, 3.8) is 0 Å². The van der Waals surface area contributed by atoms with Gasteiger partial charge in [0.2, 0.25) is 0 Å². The minimum atomic E-state index is -2.57. The highest BCUT2D eigenvalue weighted by Gasteiger charge is 2.50. The van der Waals surface area contributed by atoms with Crippen molar-refractivity contribution in [3.8, 4) is 0 Å². The smallest absolute Gasteiger partial charge is 0.421 e. The summed E-state index contributed by atoms with van der Waals surface area (Å²) < 4.78 is 28.1. The summed E-state index contributed by atoms with van der Waals surface area (Å²) in [6.45, 7) is 7.00. The van der Waals surface area contributed by atoms with Crippen molar-refractivity contribution in [2.45, 2.75) is 58.1 Å². The maximum atomic E-state index is 11.8. The molecule has 0 heterocycles. The van der Waals surface area contributed by atoms with E-state index in [0.29, 0.717) is 6.42 Å². The number of ether oxygens (including phenoxy) is 1. The zero-order chi connectivity index (χ0) is 12.6. The zero-order valence-electron chi connectivity index (χ0n) is 10.1. The van der Waals surface area contributed by atoms with Crippen LogP contribution in [0.5, 0.6) is 0 Å². The molecule has 1 aliphatic rings. The van der Waals surface area contributed by atoms with Crippen molar-refractivity contribution < 1.29 is 18.3 Å². The first-order chi connectivity index (χ1) is 7.22. The average Bonchev–Trinajstić information content (AvgIpc) is 2.81. The molecule has 1 saturated carbocycles. The Kier molecular flexibility index (Phi) is 3.64. The maximum Gasteiger partial charge on any atom is 0.421 e. The fourth-order valence-corrected chi connectivity index (χ4v) is 2.35. The summed E-state index contributed by atoms with van der Waals surface area (Å²) >= 11 is -2.57. The predicted molar refractivity (Wildman–Crippen MR) is 59.2 cm³/mol. The first-order valence-corrected chi connectivity index (χ1v) is 6.38. The van der Waals surface area contributed by atoms with Gasteiger partial charge in [-0.1, -0.05) is 6.92 Å². The number of rotatable bonds is 3. The van der Waals surface area contributed by atoms with Gasteiger partial charge in [0, 0.05) is 0 Å². The van der Waals surface area contributed by atoms with Crippen molar-refractivity contribution in [3.05, 3.63) is 0 Å². The van der Waals surface area contributed by atoms with Crippen LogP contribution in [0.4, 0.5) is 4.79 Å². The molecule has 1 amide bonds. The van der Waals surface area contributed by atoms with Crippen LogP contribution < -0.4 is 0 Å². The maximum absolute atomic E-state index is 11.8. The van der Waals surface area contributed by atoms with Crippen LogP contribution in [0.15, 0.2) is 0 Å². The molecule has 1 atom stereocenters. The van der Waals surface area contributed by atoms with Gasteiger partial charge in [-0.25, -0.2) is 9.10 Å². The third-order valence-electron chi connectivity index (χ3n) is 2.62. The van der Waals surface area contributed by atoms with Crippen molar-refractivity contribution in [1.82, 2.24) is 4.31 Å². The second-order valence-corrected chi connectivity index (χ2v) is 5.87. The highest BCUT2D eigenvalue weighted by atomic mass is 32.2. The number of hydrogen-bond donors (Lipinski definition) is 0. The average molecular weight is 248 g/mol. The molecule has 1 rings (SSSR count). The van der Waals surface area contributed by atoms with Crippen molar-refractivity contribution in [2.75, 3.05) is 0 Å². The minimum absolute atomic E-state index is 0.533. The minimum Gasteiger partial charge on any atom is -0.755 e. The Labute approximate surface area is 98.6 Å². The van der Waals surface area contributed by atoms with Crippen LogP contribution >= 0.6 is 0 Å². The van der Waals surface area contributed by atoms with E-state index in [9.17, 15) is 13.6 Å². The first kappa shape index (κ1) is 13.4. The molecule has 5 nitrogen and oxygen atoms in total. The second kappa shape index (κ2) is 4.33. The van der Waals surface area contributed by atoms with Gasteiger partial charge >= 0.3 is 6.09 Å². The molecule has 1 fully saturated rings. The quantitative estimate of drug-likeness (QED) is 0.716. The summed E-state index contributed by atoms with van der Waals surface area (Å²) in [6, 6.07) is 0. The largest absolute Gasteiger partial charge is 0.755 e. The van der Waals surface area contributed by atoms with E-state index in [0.717, 1.165) is 17.1 Å². The van der Waals surface area contributed by atoms with Gasteiger partial charge in [0.15, 0.2) is 0 Å². The summed E-state index contributed by atoms with van der Waals surface area (Å²) in [6.07, 6.45) is 1.29. The number of carbonyl (C=O) groups excluding carboxylic acids is 1. The fourth-order valence-electron chi connectivity index (χ4n) is 1.56. The van der Waals surface area contributed by atoms with E-state index < -0.39 is 28.5 Å². The van der Waals surface area contributed by atoms with Gasteiger partial charge in [-0.2, -0.15) is 0 Å². The Balaban J connectivity index is 2.80. The van der Waals surface area contributed by atoms with E-state index in [1.54, 1.807) is 20.8 Å². The summed E-state index contributed by atoms with van der Waals surface area (Å²) in [5.74, 6) is 0. The molecule has 0 aromatic carbocycles. The molecule has 16 heavy (non-hydrogen) atoms. The summed E-state index contributed by atoms with van der Waals surface area (Å²) in [7, 11) is 0. The van der Waals surface area contributed by atoms with Gasteiger partial charge in [0.25, 0.3) is 0 Å². The molecule has 0 aromatic rings. The molecule has 0 spiro atoms. The van der Waals surface area contributed by atoms with Crippen LogP contribution in [0.3, 0.4) is 0 Å². The molecule has 0 bridgehead atoms. The first-order valence-electron chi connectivity index (χ1n) is 5.34. The summed E-state index contributed by atoms with van der Waals surface area (Å²) in [4.78, 5) is 11.8. The van der Waals surface area contributed by atoms with Crippen molar-refractivity contribution >= 4 is 17.4 Å². The molecule has 0 N–H and O–H groups in total. The van der Waals surface area contributed by atoms with Crippen molar-refractivity contribution in [1.29, 1.82) is 0 Å². The topological polar surface area (TPSA) is 69.7 Å². The van der Waals surface area contributed by atoms with Gasteiger partial charge in [0.05, 0.1) is 16.8 Å².